The largest absolute Gasteiger partial charge is 0.381 e. The molecule has 0 bridgehead atoms. The summed E-state index contributed by atoms with van der Waals surface area (Å²) in [6.45, 7) is 10.9. The van der Waals surface area contributed by atoms with E-state index in [1.807, 2.05) is 7.11 Å². The second-order valence-corrected chi connectivity index (χ2v) is 12.2. The van der Waals surface area contributed by atoms with Crippen LogP contribution in [-0.4, -0.2) is 38.0 Å². The summed E-state index contributed by atoms with van der Waals surface area (Å²) < 4.78 is 19.5. The Hall–Kier alpha value is -0.450. The highest BCUT2D eigenvalue weighted by Crippen LogP contribution is 2.69. The molecule has 4 nitrogen and oxygen atoms in total. The van der Waals surface area contributed by atoms with E-state index in [9.17, 15) is 4.79 Å². The molecule has 5 fully saturated rings. The minimum absolute atomic E-state index is 0.0129. The lowest BCUT2D eigenvalue weighted by Crippen LogP contribution is -2.64. The van der Waals surface area contributed by atoms with Crippen molar-refractivity contribution in [1.82, 2.24) is 0 Å². The zero-order chi connectivity index (χ0) is 20.7. The first-order chi connectivity index (χ1) is 13.6. The predicted octanol–water partition coefficient (Wildman–Crippen LogP) is 4.99. The normalized spacial score (nSPS) is 50.7. The van der Waals surface area contributed by atoms with Crippen molar-refractivity contribution in [3.8, 4) is 0 Å². The van der Waals surface area contributed by atoms with Gasteiger partial charge >= 0.3 is 0 Å². The van der Waals surface area contributed by atoms with Crippen molar-refractivity contribution in [2.24, 2.45) is 39.9 Å². The summed E-state index contributed by atoms with van der Waals surface area (Å²) in [6, 6.07) is 0. The van der Waals surface area contributed by atoms with E-state index in [1.165, 1.54) is 19.3 Å². The predicted molar refractivity (Wildman–Crippen MR) is 111 cm³/mol. The van der Waals surface area contributed by atoms with Crippen LogP contribution < -0.4 is 0 Å². The van der Waals surface area contributed by atoms with E-state index >= 15 is 0 Å². The van der Waals surface area contributed by atoms with E-state index in [0.717, 1.165) is 45.3 Å². The molecule has 0 aromatic carbocycles. The van der Waals surface area contributed by atoms with Gasteiger partial charge in [-0.25, -0.2) is 0 Å². The molecule has 7 atom stereocenters. The van der Waals surface area contributed by atoms with Crippen LogP contribution in [0.25, 0.3) is 0 Å². The molecular weight excluding hydrogens is 364 g/mol. The maximum absolute atomic E-state index is 12.2. The quantitative estimate of drug-likeness (QED) is 0.617. The van der Waals surface area contributed by atoms with E-state index < -0.39 is 5.79 Å². The molecule has 0 aromatic heterocycles. The highest BCUT2D eigenvalue weighted by Gasteiger charge is 2.69. The molecule has 7 unspecified atom stereocenters. The van der Waals surface area contributed by atoms with Gasteiger partial charge in [0.05, 0.1) is 19.3 Å². The Kier molecular flexibility index (Phi) is 4.60. The third-order valence-corrected chi connectivity index (χ3v) is 10.1. The Balaban J connectivity index is 1.48. The SMILES string of the molecule is COC1CC2(C)C(CCC23OCC(C)(C)CO3)C2CCC3CC(=O)CCC3(C)C12. The fraction of sp³-hybridized carbons (Fsp3) is 0.960. The average Bonchev–Trinajstić information content (AvgIpc) is 2.96. The minimum Gasteiger partial charge on any atom is -0.381 e. The summed E-state index contributed by atoms with van der Waals surface area (Å²) in [5.41, 5.74) is 0.349. The van der Waals surface area contributed by atoms with Crippen molar-refractivity contribution in [1.29, 1.82) is 0 Å². The number of fused-ring (bicyclic) bond motifs is 6. The lowest BCUT2D eigenvalue weighted by atomic mass is 9.44. The first kappa shape index (κ1) is 20.5. The number of carbonyl (C=O) groups is 1. The van der Waals surface area contributed by atoms with Crippen molar-refractivity contribution < 1.29 is 19.0 Å². The van der Waals surface area contributed by atoms with Gasteiger partial charge in [-0.3, -0.25) is 4.79 Å². The van der Waals surface area contributed by atoms with Gasteiger partial charge in [-0.2, -0.15) is 0 Å². The molecule has 0 amide bonds. The van der Waals surface area contributed by atoms with Gasteiger partial charge in [0.25, 0.3) is 0 Å². The molecule has 29 heavy (non-hydrogen) atoms. The van der Waals surface area contributed by atoms with E-state index in [1.54, 1.807) is 0 Å². The molecule has 0 N–H and O–H groups in total. The van der Waals surface area contributed by atoms with Gasteiger partial charge in [0.1, 0.15) is 5.78 Å². The third-order valence-electron chi connectivity index (χ3n) is 10.1. The van der Waals surface area contributed by atoms with Crippen LogP contribution >= 0.6 is 0 Å². The summed E-state index contributed by atoms with van der Waals surface area (Å²) in [6.07, 6.45) is 8.52. The Morgan fingerprint density at radius 3 is 2.41 bits per heavy atom. The van der Waals surface area contributed by atoms with Gasteiger partial charge in [0, 0.05) is 37.2 Å². The van der Waals surface area contributed by atoms with Gasteiger partial charge in [-0.1, -0.05) is 27.7 Å². The molecule has 1 spiro atoms. The minimum atomic E-state index is -0.435. The maximum Gasteiger partial charge on any atom is 0.173 e. The molecule has 1 saturated heterocycles. The molecule has 5 aliphatic rings. The molecule has 1 heterocycles. The monoisotopic (exact) mass is 404 g/mol. The standard InChI is InChI=1S/C25H40O4/c1-22(2)14-28-25(29-15-22)11-9-19-18-7-6-16-12-17(26)8-10-23(16,3)21(18)20(27-5)13-24(19,25)4/h16,18-21H,6-15H2,1-5H3. The van der Waals surface area contributed by atoms with Crippen molar-refractivity contribution in [2.45, 2.75) is 91.0 Å². The maximum atomic E-state index is 12.2. The van der Waals surface area contributed by atoms with E-state index in [2.05, 4.69) is 27.7 Å². The van der Waals surface area contributed by atoms with Crippen LogP contribution in [0.4, 0.5) is 0 Å². The lowest BCUT2D eigenvalue weighted by Gasteiger charge is -2.63. The average molecular weight is 405 g/mol. The number of carbonyl (C=O) groups excluding carboxylic acids is 1. The fourth-order valence-corrected chi connectivity index (χ4v) is 8.49. The van der Waals surface area contributed by atoms with Crippen LogP contribution in [0.15, 0.2) is 0 Å². The van der Waals surface area contributed by atoms with Crippen LogP contribution in [0, 0.1) is 39.9 Å². The van der Waals surface area contributed by atoms with E-state index in [-0.39, 0.29) is 22.3 Å². The lowest BCUT2D eigenvalue weighted by molar-refractivity contribution is -0.353. The summed E-state index contributed by atoms with van der Waals surface area (Å²) in [5, 5.41) is 0. The summed E-state index contributed by atoms with van der Waals surface area (Å²) in [5.74, 6) is 2.45. The van der Waals surface area contributed by atoms with Crippen LogP contribution in [0.5, 0.6) is 0 Å². The first-order valence-corrected chi connectivity index (χ1v) is 12.0. The van der Waals surface area contributed by atoms with Gasteiger partial charge < -0.3 is 14.2 Å². The zero-order valence-corrected chi connectivity index (χ0v) is 19.1. The number of methoxy groups -OCH3 is 1. The highest BCUT2D eigenvalue weighted by atomic mass is 16.7. The van der Waals surface area contributed by atoms with Crippen LogP contribution in [0.2, 0.25) is 0 Å². The van der Waals surface area contributed by atoms with Crippen molar-refractivity contribution in [3.05, 3.63) is 0 Å². The van der Waals surface area contributed by atoms with Crippen molar-refractivity contribution in [2.75, 3.05) is 20.3 Å². The Morgan fingerprint density at radius 1 is 1.00 bits per heavy atom. The molecule has 4 heteroatoms. The zero-order valence-electron chi connectivity index (χ0n) is 19.1. The van der Waals surface area contributed by atoms with Gasteiger partial charge in [-0.05, 0) is 61.2 Å². The second kappa shape index (κ2) is 6.53. The van der Waals surface area contributed by atoms with Crippen molar-refractivity contribution in [3.63, 3.8) is 0 Å². The molecule has 1 aliphatic heterocycles. The van der Waals surface area contributed by atoms with Crippen LogP contribution in [0.1, 0.15) is 79.1 Å². The molecule has 0 aromatic rings. The molecular formula is C25H40O4. The molecule has 164 valence electrons. The van der Waals surface area contributed by atoms with E-state index in [0.29, 0.717) is 29.5 Å². The van der Waals surface area contributed by atoms with Gasteiger partial charge in [0.2, 0.25) is 0 Å². The Bertz CT molecular complexity index is 676. The number of ketones is 1. The second-order valence-electron chi connectivity index (χ2n) is 12.2. The van der Waals surface area contributed by atoms with Gasteiger partial charge in [0.15, 0.2) is 5.79 Å². The van der Waals surface area contributed by atoms with Crippen molar-refractivity contribution >= 4 is 5.78 Å². The highest BCUT2D eigenvalue weighted by molar-refractivity contribution is 5.79. The fourth-order valence-electron chi connectivity index (χ4n) is 8.49. The summed E-state index contributed by atoms with van der Waals surface area (Å²) in [4.78, 5) is 12.2. The van der Waals surface area contributed by atoms with E-state index in [4.69, 9.17) is 14.2 Å². The summed E-state index contributed by atoms with van der Waals surface area (Å²) in [7, 11) is 1.90. The molecule has 5 rings (SSSR count). The van der Waals surface area contributed by atoms with Crippen LogP contribution in [0.3, 0.4) is 0 Å². The molecule has 4 aliphatic carbocycles. The number of Topliss-reactive ketones (excluding diaryl/α,β-unsaturated/α-hetero) is 1. The van der Waals surface area contributed by atoms with Crippen LogP contribution in [-0.2, 0) is 19.0 Å². The topological polar surface area (TPSA) is 44.8 Å². The summed E-state index contributed by atoms with van der Waals surface area (Å²) >= 11 is 0. The number of ether oxygens (including phenoxy) is 3. The Labute approximate surface area is 176 Å². The number of hydrogen-bond donors (Lipinski definition) is 0. The third kappa shape index (κ3) is 2.77. The first-order valence-electron chi connectivity index (χ1n) is 12.0. The molecule has 0 radical (unpaired) electrons. The Morgan fingerprint density at radius 2 is 1.72 bits per heavy atom. The molecule has 4 saturated carbocycles. The van der Waals surface area contributed by atoms with Gasteiger partial charge in [-0.15, -0.1) is 0 Å². The number of rotatable bonds is 1. The smallest absolute Gasteiger partial charge is 0.173 e. The number of hydrogen-bond acceptors (Lipinski definition) is 4.